The average Bonchev–Trinajstić information content (AvgIpc) is 2.34. The lowest BCUT2D eigenvalue weighted by Crippen LogP contribution is -2.03. The fourth-order valence-corrected chi connectivity index (χ4v) is 1.49. The van der Waals surface area contributed by atoms with Gasteiger partial charge in [-0.15, -0.1) is 0 Å². The average molecular weight is 170 g/mol. The molecule has 0 spiro atoms. The molecule has 3 heteroatoms. The zero-order chi connectivity index (χ0) is 8.27. The highest BCUT2D eigenvalue weighted by Gasteiger charge is 2.00. The van der Waals surface area contributed by atoms with Crippen molar-refractivity contribution in [3.05, 3.63) is 17.0 Å². The molecule has 0 amide bonds. The molecule has 1 heterocycles. The quantitative estimate of drug-likeness (QED) is 0.651. The molecule has 0 saturated carbocycles. The van der Waals surface area contributed by atoms with E-state index in [-0.39, 0.29) is 6.10 Å². The molecule has 0 N–H and O–H groups in total. The van der Waals surface area contributed by atoms with Gasteiger partial charge in [0.05, 0.1) is 11.0 Å². The van der Waals surface area contributed by atoms with Crippen LogP contribution in [0.25, 0.3) is 0 Å². The minimum atomic E-state index is 0.174. The van der Waals surface area contributed by atoms with Crippen molar-refractivity contribution in [1.29, 1.82) is 0 Å². The number of hydrogen-bond donors (Lipinski definition) is 0. The normalized spacial score (nSPS) is 10.1. The van der Waals surface area contributed by atoms with Crippen LogP contribution in [-0.4, -0.2) is 12.4 Å². The van der Waals surface area contributed by atoms with E-state index in [1.165, 1.54) is 11.3 Å². The molecule has 11 heavy (non-hydrogen) atoms. The van der Waals surface area contributed by atoms with Gasteiger partial charge in [-0.1, -0.05) is 11.3 Å². The molecule has 0 bridgehead atoms. The zero-order valence-corrected chi connectivity index (χ0v) is 7.35. The van der Waals surface area contributed by atoms with Crippen LogP contribution in [-0.2, 0) is 0 Å². The second-order valence-corrected chi connectivity index (χ2v) is 3.52. The van der Waals surface area contributed by atoms with Gasteiger partial charge in [-0.05, 0) is 26.0 Å². The molecule has 0 radical (unpaired) electrons. The van der Waals surface area contributed by atoms with E-state index in [9.17, 15) is 4.79 Å². The minimum Gasteiger partial charge on any atom is -0.481 e. The van der Waals surface area contributed by atoms with Crippen molar-refractivity contribution >= 4 is 17.6 Å². The molecule has 0 aliphatic rings. The van der Waals surface area contributed by atoms with Crippen molar-refractivity contribution in [2.75, 3.05) is 0 Å². The van der Waals surface area contributed by atoms with Gasteiger partial charge in [0.25, 0.3) is 0 Å². The summed E-state index contributed by atoms with van der Waals surface area (Å²) in [4.78, 5) is 11.0. The molecule has 0 unspecified atom stereocenters. The van der Waals surface area contributed by atoms with Gasteiger partial charge < -0.3 is 4.74 Å². The molecule has 2 nitrogen and oxygen atoms in total. The summed E-state index contributed by atoms with van der Waals surface area (Å²) in [6, 6.07) is 3.57. The van der Waals surface area contributed by atoms with Crippen LogP contribution in [0.4, 0.5) is 0 Å². The van der Waals surface area contributed by atoms with Crippen molar-refractivity contribution in [2.24, 2.45) is 0 Å². The molecule has 1 aromatic rings. The summed E-state index contributed by atoms with van der Waals surface area (Å²) in [7, 11) is 0. The molecule has 0 aliphatic heterocycles. The van der Waals surface area contributed by atoms with E-state index in [1.807, 2.05) is 19.9 Å². The van der Waals surface area contributed by atoms with E-state index in [0.29, 0.717) is 4.88 Å². The Hall–Kier alpha value is -0.830. The Balaban J connectivity index is 2.65. The Labute approximate surface area is 69.8 Å². The summed E-state index contributed by atoms with van der Waals surface area (Å²) >= 11 is 1.37. The Bertz CT molecular complexity index is 240. The zero-order valence-electron chi connectivity index (χ0n) is 6.53. The van der Waals surface area contributed by atoms with E-state index < -0.39 is 0 Å². The van der Waals surface area contributed by atoms with Crippen LogP contribution in [0.1, 0.15) is 23.5 Å². The second kappa shape index (κ2) is 3.53. The summed E-state index contributed by atoms with van der Waals surface area (Å²) in [5.74, 6) is 0. The van der Waals surface area contributed by atoms with E-state index in [2.05, 4.69) is 0 Å². The minimum absolute atomic E-state index is 0.174. The summed E-state index contributed by atoms with van der Waals surface area (Å²) in [5, 5.41) is 0.808. The molecule has 1 aromatic heterocycles. The van der Waals surface area contributed by atoms with Gasteiger partial charge in [0.15, 0.2) is 11.3 Å². The summed E-state index contributed by atoms with van der Waals surface area (Å²) in [6.07, 6.45) is 1.01. The third kappa shape index (κ3) is 2.35. The highest BCUT2D eigenvalue weighted by Crippen LogP contribution is 2.23. The third-order valence-electron chi connectivity index (χ3n) is 1.07. The summed E-state index contributed by atoms with van der Waals surface area (Å²) < 4.78 is 5.36. The predicted molar refractivity (Wildman–Crippen MR) is 45.5 cm³/mol. The number of thiophene rings is 1. The molecule has 0 aromatic carbocycles. The van der Waals surface area contributed by atoms with Gasteiger partial charge in [-0.2, -0.15) is 0 Å². The van der Waals surface area contributed by atoms with Gasteiger partial charge in [0.1, 0.15) is 0 Å². The van der Waals surface area contributed by atoms with E-state index in [0.717, 1.165) is 11.3 Å². The van der Waals surface area contributed by atoms with Gasteiger partial charge in [-0.25, -0.2) is 0 Å². The lowest BCUT2D eigenvalue weighted by Gasteiger charge is -2.04. The predicted octanol–water partition coefficient (Wildman–Crippen LogP) is 2.35. The Morgan fingerprint density at radius 1 is 1.55 bits per heavy atom. The van der Waals surface area contributed by atoms with E-state index in [4.69, 9.17) is 4.74 Å². The van der Waals surface area contributed by atoms with Gasteiger partial charge in [0, 0.05) is 0 Å². The standard InChI is InChI=1S/C8H10O2S/c1-6(2)10-8-4-3-7(5-9)11-8/h3-6H,1-2H3. The molecule has 60 valence electrons. The lowest BCUT2D eigenvalue weighted by molar-refractivity contribution is 0.112. The molecule has 1 rings (SSSR count). The highest BCUT2D eigenvalue weighted by molar-refractivity contribution is 7.15. The van der Waals surface area contributed by atoms with Crippen molar-refractivity contribution in [1.82, 2.24) is 0 Å². The molecular formula is C8H10O2S. The Kier molecular flexibility index (Phi) is 2.65. The summed E-state index contributed by atoms with van der Waals surface area (Å²) in [5.41, 5.74) is 0. The van der Waals surface area contributed by atoms with Crippen LogP contribution in [0.2, 0.25) is 0 Å². The fraction of sp³-hybridized carbons (Fsp3) is 0.375. The first-order valence-corrected chi connectivity index (χ1v) is 4.25. The van der Waals surface area contributed by atoms with Gasteiger partial charge in [0.2, 0.25) is 0 Å². The molecular weight excluding hydrogens is 160 g/mol. The van der Waals surface area contributed by atoms with E-state index >= 15 is 0 Å². The fourth-order valence-electron chi connectivity index (χ4n) is 0.693. The maximum atomic E-state index is 10.3. The maximum absolute atomic E-state index is 10.3. The number of hydrogen-bond acceptors (Lipinski definition) is 3. The van der Waals surface area contributed by atoms with Crippen LogP contribution in [0.5, 0.6) is 5.06 Å². The maximum Gasteiger partial charge on any atom is 0.174 e. The third-order valence-corrected chi connectivity index (χ3v) is 1.97. The van der Waals surface area contributed by atoms with Gasteiger partial charge >= 0.3 is 0 Å². The molecule has 0 fully saturated rings. The largest absolute Gasteiger partial charge is 0.481 e. The Morgan fingerprint density at radius 3 is 2.73 bits per heavy atom. The first-order chi connectivity index (χ1) is 5.22. The second-order valence-electron chi connectivity index (χ2n) is 2.44. The van der Waals surface area contributed by atoms with Gasteiger partial charge in [-0.3, -0.25) is 4.79 Å². The van der Waals surface area contributed by atoms with Crippen molar-refractivity contribution in [3.8, 4) is 5.06 Å². The van der Waals surface area contributed by atoms with Crippen LogP contribution in [0.15, 0.2) is 12.1 Å². The molecule has 0 saturated heterocycles. The Morgan fingerprint density at radius 2 is 2.27 bits per heavy atom. The SMILES string of the molecule is CC(C)Oc1ccc(C=O)s1. The van der Waals surface area contributed by atoms with Crippen LogP contribution < -0.4 is 4.74 Å². The van der Waals surface area contributed by atoms with Crippen LogP contribution in [0, 0.1) is 0 Å². The smallest absolute Gasteiger partial charge is 0.174 e. The highest BCUT2D eigenvalue weighted by atomic mass is 32.1. The van der Waals surface area contributed by atoms with Crippen LogP contribution >= 0.6 is 11.3 Å². The number of carbonyl (C=O) groups excluding carboxylic acids is 1. The molecule has 0 aliphatic carbocycles. The van der Waals surface area contributed by atoms with Crippen molar-refractivity contribution in [3.63, 3.8) is 0 Å². The lowest BCUT2D eigenvalue weighted by atomic mass is 10.5. The number of aldehydes is 1. The van der Waals surface area contributed by atoms with E-state index in [1.54, 1.807) is 6.07 Å². The number of carbonyl (C=O) groups is 1. The monoisotopic (exact) mass is 170 g/mol. The topological polar surface area (TPSA) is 26.3 Å². The molecule has 0 atom stereocenters. The first kappa shape index (κ1) is 8.27. The van der Waals surface area contributed by atoms with Crippen molar-refractivity contribution in [2.45, 2.75) is 20.0 Å². The van der Waals surface area contributed by atoms with Crippen LogP contribution in [0.3, 0.4) is 0 Å². The first-order valence-electron chi connectivity index (χ1n) is 3.44. The van der Waals surface area contributed by atoms with Crippen molar-refractivity contribution < 1.29 is 9.53 Å². The number of rotatable bonds is 3. The number of ether oxygens (including phenoxy) is 1. The summed E-state index contributed by atoms with van der Waals surface area (Å²) in [6.45, 7) is 3.92.